The van der Waals surface area contributed by atoms with Gasteiger partial charge in [-0.3, -0.25) is 4.79 Å². The molecule has 0 atom stereocenters. The molecular formula is C14H11NOS. The third kappa shape index (κ3) is 3.08. The number of carbonyl (C=O) groups excluding carboxylic acids is 1. The van der Waals surface area contributed by atoms with Crippen molar-refractivity contribution >= 4 is 27.6 Å². The lowest BCUT2D eigenvalue weighted by molar-refractivity contribution is -0.109. The van der Waals surface area contributed by atoms with Crippen LogP contribution >= 0.6 is 11.8 Å². The van der Waals surface area contributed by atoms with Crippen molar-refractivity contribution in [3.8, 4) is 11.8 Å². The topological polar surface area (TPSA) is 30.0 Å². The van der Waals surface area contributed by atoms with Gasteiger partial charge in [0.1, 0.15) is 5.69 Å². The van der Waals surface area contributed by atoms with E-state index in [0.717, 1.165) is 16.5 Å². The summed E-state index contributed by atoms with van der Waals surface area (Å²) in [6.45, 7) is 1.54. The second-order valence-electron chi connectivity index (χ2n) is 3.46. The summed E-state index contributed by atoms with van der Waals surface area (Å²) >= 11 is 1.22. The van der Waals surface area contributed by atoms with E-state index in [9.17, 15) is 4.79 Å². The predicted molar refractivity (Wildman–Crippen MR) is 71.8 cm³/mol. The lowest BCUT2D eigenvalue weighted by Gasteiger charge is -1.98. The fourth-order valence-electron chi connectivity index (χ4n) is 1.48. The molecule has 0 aliphatic heterocycles. The van der Waals surface area contributed by atoms with Crippen LogP contribution < -0.4 is 0 Å². The largest absolute Gasteiger partial charge is 0.288 e. The molecule has 0 aliphatic carbocycles. The molecule has 0 unspecified atom stereocenters. The summed E-state index contributed by atoms with van der Waals surface area (Å²) in [6, 6.07) is 9.96. The van der Waals surface area contributed by atoms with Crippen molar-refractivity contribution in [3.63, 3.8) is 0 Å². The van der Waals surface area contributed by atoms with Crippen molar-refractivity contribution in [3.05, 3.63) is 42.2 Å². The van der Waals surface area contributed by atoms with Crippen LogP contribution in [0.15, 0.2) is 36.5 Å². The van der Waals surface area contributed by atoms with Crippen molar-refractivity contribution in [1.82, 2.24) is 4.98 Å². The molecule has 2 aromatic rings. The van der Waals surface area contributed by atoms with Crippen LogP contribution in [0.1, 0.15) is 12.6 Å². The highest BCUT2D eigenvalue weighted by Gasteiger charge is 1.97. The van der Waals surface area contributed by atoms with Gasteiger partial charge in [-0.1, -0.05) is 41.9 Å². The van der Waals surface area contributed by atoms with Gasteiger partial charge in [-0.2, -0.15) is 0 Å². The summed E-state index contributed by atoms with van der Waals surface area (Å²) < 4.78 is 0. The molecule has 0 radical (unpaired) electrons. The number of hydrogen-bond acceptors (Lipinski definition) is 3. The van der Waals surface area contributed by atoms with Crippen molar-refractivity contribution in [2.24, 2.45) is 0 Å². The van der Waals surface area contributed by atoms with Gasteiger partial charge in [-0.15, -0.1) is 0 Å². The molecule has 84 valence electrons. The number of pyridine rings is 1. The van der Waals surface area contributed by atoms with Crippen LogP contribution in [0, 0.1) is 11.8 Å². The number of rotatable bonds is 1. The Morgan fingerprint density at radius 1 is 1.35 bits per heavy atom. The van der Waals surface area contributed by atoms with Gasteiger partial charge in [0.2, 0.25) is 0 Å². The van der Waals surface area contributed by atoms with E-state index in [1.165, 1.54) is 11.8 Å². The molecule has 17 heavy (non-hydrogen) atoms. The van der Waals surface area contributed by atoms with E-state index in [4.69, 9.17) is 0 Å². The lowest BCUT2D eigenvalue weighted by Crippen LogP contribution is -1.86. The molecule has 0 N–H and O–H groups in total. The molecule has 1 aromatic heterocycles. The van der Waals surface area contributed by atoms with E-state index in [1.807, 2.05) is 30.3 Å². The molecule has 0 saturated heterocycles. The first-order valence-corrected chi connectivity index (χ1v) is 6.22. The Morgan fingerprint density at radius 2 is 2.18 bits per heavy atom. The van der Waals surface area contributed by atoms with Crippen LogP contribution in [0.4, 0.5) is 0 Å². The van der Waals surface area contributed by atoms with Crippen LogP contribution in [-0.4, -0.2) is 15.9 Å². The van der Waals surface area contributed by atoms with Gasteiger partial charge in [0.05, 0.1) is 5.75 Å². The summed E-state index contributed by atoms with van der Waals surface area (Å²) in [4.78, 5) is 15.0. The highest BCUT2D eigenvalue weighted by molar-refractivity contribution is 8.13. The zero-order valence-corrected chi connectivity index (χ0v) is 10.3. The maximum absolute atomic E-state index is 10.7. The molecule has 0 aliphatic rings. The first kappa shape index (κ1) is 11.7. The number of carbonyl (C=O) groups is 1. The van der Waals surface area contributed by atoms with E-state index in [2.05, 4.69) is 16.8 Å². The maximum Gasteiger partial charge on any atom is 0.186 e. The van der Waals surface area contributed by atoms with Gasteiger partial charge < -0.3 is 0 Å². The molecule has 0 amide bonds. The average Bonchev–Trinajstić information content (AvgIpc) is 2.34. The Bertz CT molecular complexity index is 605. The summed E-state index contributed by atoms with van der Waals surface area (Å²) in [7, 11) is 0. The van der Waals surface area contributed by atoms with E-state index in [1.54, 1.807) is 13.1 Å². The summed E-state index contributed by atoms with van der Waals surface area (Å²) in [6.07, 6.45) is 1.75. The summed E-state index contributed by atoms with van der Waals surface area (Å²) in [5.74, 6) is 6.48. The van der Waals surface area contributed by atoms with Crippen LogP contribution in [0.25, 0.3) is 10.8 Å². The highest BCUT2D eigenvalue weighted by atomic mass is 32.2. The zero-order valence-electron chi connectivity index (χ0n) is 9.43. The first-order valence-electron chi connectivity index (χ1n) is 5.23. The third-order valence-electron chi connectivity index (χ3n) is 2.23. The molecule has 0 spiro atoms. The smallest absolute Gasteiger partial charge is 0.186 e. The lowest BCUT2D eigenvalue weighted by atomic mass is 10.1. The fraction of sp³-hybridized carbons (Fsp3) is 0.143. The minimum atomic E-state index is 0.0881. The van der Waals surface area contributed by atoms with E-state index in [-0.39, 0.29) is 5.12 Å². The van der Waals surface area contributed by atoms with Gasteiger partial charge in [0.25, 0.3) is 0 Å². The standard InChI is InChI=1S/C14H11NOS/c1-11(16)17-10-4-7-14-13-6-3-2-5-12(13)8-9-15-14/h2-3,5-6,8-9H,10H2,1H3. The fourth-order valence-corrected chi connectivity index (χ4v) is 1.82. The number of thioether (sulfide) groups is 1. The predicted octanol–water partition coefficient (Wildman–Crippen LogP) is 2.87. The Hall–Kier alpha value is -1.79. The van der Waals surface area contributed by atoms with Crippen molar-refractivity contribution in [1.29, 1.82) is 0 Å². The van der Waals surface area contributed by atoms with E-state index in [0.29, 0.717) is 5.75 Å². The monoisotopic (exact) mass is 241 g/mol. The van der Waals surface area contributed by atoms with E-state index < -0.39 is 0 Å². The van der Waals surface area contributed by atoms with Crippen molar-refractivity contribution < 1.29 is 4.79 Å². The minimum absolute atomic E-state index is 0.0881. The van der Waals surface area contributed by atoms with Gasteiger partial charge in [0.15, 0.2) is 5.12 Å². The molecule has 1 aromatic carbocycles. The second-order valence-corrected chi connectivity index (χ2v) is 4.61. The quantitative estimate of drug-likeness (QED) is 0.719. The SMILES string of the molecule is CC(=O)SCC#Cc1nccc2ccccc12. The van der Waals surface area contributed by atoms with Gasteiger partial charge in [0, 0.05) is 18.5 Å². The first-order chi connectivity index (χ1) is 8.27. The van der Waals surface area contributed by atoms with Crippen LogP contribution in [-0.2, 0) is 4.79 Å². The number of hydrogen-bond donors (Lipinski definition) is 0. The van der Waals surface area contributed by atoms with Gasteiger partial charge in [-0.25, -0.2) is 4.98 Å². The maximum atomic E-state index is 10.7. The molecule has 2 rings (SSSR count). The molecule has 3 heteroatoms. The second kappa shape index (κ2) is 5.51. The van der Waals surface area contributed by atoms with Crippen molar-refractivity contribution in [2.75, 3.05) is 5.75 Å². The Morgan fingerprint density at radius 3 is 3.00 bits per heavy atom. The average molecular weight is 241 g/mol. The molecular weight excluding hydrogens is 230 g/mol. The number of nitrogens with zero attached hydrogens (tertiary/aromatic N) is 1. The molecule has 0 saturated carbocycles. The number of aromatic nitrogens is 1. The molecule has 2 nitrogen and oxygen atoms in total. The normalized spacial score (nSPS) is 9.71. The third-order valence-corrected chi connectivity index (χ3v) is 2.92. The van der Waals surface area contributed by atoms with Crippen LogP contribution in [0.5, 0.6) is 0 Å². The number of benzene rings is 1. The van der Waals surface area contributed by atoms with Crippen LogP contribution in [0.2, 0.25) is 0 Å². The molecule has 0 fully saturated rings. The summed E-state index contributed by atoms with van der Waals surface area (Å²) in [5.41, 5.74) is 0.771. The van der Waals surface area contributed by atoms with Crippen molar-refractivity contribution in [2.45, 2.75) is 6.92 Å². The minimum Gasteiger partial charge on any atom is -0.288 e. The Labute approximate surface area is 104 Å². The van der Waals surface area contributed by atoms with Crippen LogP contribution in [0.3, 0.4) is 0 Å². The Balaban J connectivity index is 2.26. The summed E-state index contributed by atoms with van der Waals surface area (Å²) in [5, 5.41) is 2.27. The highest BCUT2D eigenvalue weighted by Crippen LogP contribution is 2.15. The number of fused-ring (bicyclic) bond motifs is 1. The molecule has 1 heterocycles. The van der Waals surface area contributed by atoms with E-state index >= 15 is 0 Å². The molecule has 0 bridgehead atoms. The van der Waals surface area contributed by atoms with Gasteiger partial charge >= 0.3 is 0 Å². The Kier molecular flexibility index (Phi) is 3.79. The van der Waals surface area contributed by atoms with Gasteiger partial charge in [-0.05, 0) is 17.4 Å². The zero-order chi connectivity index (χ0) is 12.1.